The zero-order valence-corrected chi connectivity index (χ0v) is 11.6. The number of carbonyl (C=O) groups is 1. The summed E-state index contributed by atoms with van der Waals surface area (Å²) in [6.45, 7) is 8.28. The third-order valence-electron chi connectivity index (χ3n) is 4.36. The zero-order chi connectivity index (χ0) is 13.1. The minimum absolute atomic E-state index is 0.250. The first-order valence-corrected chi connectivity index (χ1v) is 7.24. The maximum atomic E-state index is 12.2. The third-order valence-corrected chi connectivity index (χ3v) is 4.36. The van der Waals surface area contributed by atoms with Gasteiger partial charge in [0.25, 0.3) is 0 Å². The van der Waals surface area contributed by atoms with E-state index >= 15 is 0 Å². The largest absolute Gasteiger partial charge is 0.393 e. The highest BCUT2D eigenvalue weighted by atomic mass is 16.3. The second-order valence-electron chi connectivity index (χ2n) is 6.11. The Kier molecular flexibility index (Phi) is 4.62. The fourth-order valence-corrected chi connectivity index (χ4v) is 3.11. The zero-order valence-electron chi connectivity index (χ0n) is 11.6. The Labute approximate surface area is 110 Å². The predicted molar refractivity (Wildman–Crippen MR) is 71.2 cm³/mol. The van der Waals surface area contributed by atoms with E-state index in [9.17, 15) is 9.90 Å². The lowest BCUT2D eigenvalue weighted by atomic mass is 10.0. The first-order valence-electron chi connectivity index (χ1n) is 7.24. The molecule has 3 unspecified atom stereocenters. The summed E-state index contributed by atoms with van der Waals surface area (Å²) >= 11 is 0. The van der Waals surface area contributed by atoms with Gasteiger partial charge in [-0.05, 0) is 44.6 Å². The van der Waals surface area contributed by atoms with E-state index in [1.165, 1.54) is 6.42 Å². The molecule has 1 N–H and O–H groups in total. The third kappa shape index (κ3) is 3.45. The minimum atomic E-state index is -0.250. The Bertz CT molecular complexity index is 294. The summed E-state index contributed by atoms with van der Waals surface area (Å²) in [7, 11) is 0. The number of likely N-dealkylation sites (tertiary alicyclic amines) is 2. The maximum absolute atomic E-state index is 12.2. The SMILES string of the molecule is CC1CCCN(C(=O)CN2CCC(C(C)O)C2)C1. The van der Waals surface area contributed by atoms with E-state index in [-0.39, 0.29) is 12.0 Å². The first kappa shape index (κ1) is 13.8. The van der Waals surface area contributed by atoms with E-state index in [1.54, 1.807) is 0 Å². The Morgan fingerprint density at radius 3 is 2.72 bits per heavy atom. The lowest BCUT2D eigenvalue weighted by molar-refractivity contribution is -0.133. The quantitative estimate of drug-likeness (QED) is 0.815. The van der Waals surface area contributed by atoms with Crippen LogP contribution in [0, 0.1) is 11.8 Å². The number of piperidine rings is 1. The van der Waals surface area contributed by atoms with Gasteiger partial charge in [0.2, 0.25) is 5.91 Å². The Morgan fingerprint density at radius 2 is 2.11 bits per heavy atom. The molecule has 0 aliphatic carbocycles. The molecule has 2 saturated heterocycles. The van der Waals surface area contributed by atoms with Crippen molar-refractivity contribution in [3.8, 4) is 0 Å². The van der Waals surface area contributed by atoms with E-state index in [0.717, 1.165) is 39.0 Å². The normalized spacial score (nSPS) is 31.6. The molecule has 0 aromatic carbocycles. The number of carbonyl (C=O) groups excluding carboxylic acids is 1. The van der Waals surface area contributed by atoms with Crippen molar-refractivity contribution >= 4 is 5.91 Å². The van der Waals surface area contributed by atoms with Crippen molar-refractivity contribution in [3.05, 3.63) is 0 Å². The topological polar surface area (TPSA) is 43.8 Å². The molecular weight excluding hydrogens is 228 g/mol. The Hall–Kier alpha value is -0.610. The summed E-state index contributed by atoms with van der Waals surface area (Å²) in [6.07, 6.45) is 3.16. The van der Waals surface area contributed by atoms with Crippen LogP contribution in [-0.4, -0.2) is 59.6 Å². The summed E-state index contributed by atoms with van der Waals surface area (Å²) in [4.78, 5) is 16.4. The van der Waals surface area contributed by atoms with E-state index in [2.05, 4.69) is 11.8 Å². The Morgan fingerprint density at radius 1 is 1.33 bits per heavy atom. The van der Waals surface area contributed by atoms with Crippen molar-refractivity contribution in [1.82, 2.24) is 9.80 Å². The molecule has 3 atom stereocenters. The van der Waals surface area contributed by atoms with Gasteiger partial charge in [0.15, 0.2) is 0 Å². The Balaban J connectivity index is 1.78. The molecule has 0 saturated carbocycles. The lowest BCUT2D eigenvalue weighted by Gasteiger charge is -2.32. The van der Waals surface area contributed by atoms with Crippen LogP contribution < -0.4 is 0 Å². The number of aliphatic hydroxyl groups is 1. The van der Waals surface area contributed by atoms with Crippen LogP contribution in [0.15, 0.2) is 0 Å². The van der Waals surface area contributed by atoms with Crippen molar-refractivity contribution in [2.24, 2.45) is 11.8 Å². The number of amides is 1. The predicted octanol–water partition coefficient (Wildman–Crippen LogP) is 0.948. The van der Waals surface area contributed by atoms with Crippen molar-refractivity contribution in [2.45, 2.75) is 39.2 Å². The lowest BCUT2D eigenvalue weighted by Crippen LogP contribution is -2.44. The summed E-state index contributed by atoms with van der Waals surface area (Å²) in [5.74, 6) is 1.26. The van der Waals surface area contributed by atoms with Gasteiger partial charge in [-0.25, -0.2) is 0 Å². The van der Waals surface area contributed by atoms with Crippen LogP contribution >= 0.6 is 0 Å². The van der Waals surface area contributed by atoms with Crippen LogP contribution in [-0.2, 0) is 4.79 Å². The summed E-state index contributed by atoms with van der Waals surface area (Å²) in [5, 5.41) is 9.57. The van der Waals surface area contributed by atoms with Gasteiger partial charge in [0.05, 0.1) is 12.6 Å². The average molecular weight is 254 g/mol. The molecule has 0 aromatic heterocycles. The average Bonchev–Trinajstić information content (AvgIpc) is 2.77. The van der Waals surface area contributed by atoms with Crippen molar-refractivity contribution in [3.63, 3.8) is 0 Å². The fraction of sp³-hybridized carbons (Fsp3) is 0.929. The van der Waals surface area contributed by atoms with Gasteiger partial charge in [-0.1, -0.05) is 6.92 Å². The molecule has 1 amide bonds. The van der Waals surface area contributed by atoms with Crippen molar-refractivity contribution in [1.29, 1.82) is 0 Å². The standard InChI is InChI=1S/C14H26N2O2/c1-11-4-3-6-16(8-11)14(18)10-15-7-5-13(9-15)12(2)17/h11-13,17H,3-10H2,1-2H3. The number of hydrogen-bond acceptors (Lipinski definition) is 3. The van der Waals surface area contributed by atoms with Gasteiger partial charge in [0, 0.05) is 19.6 Å². The number of nitrogens with zero attached hydrogens (tertiary/aromatic N) is 2. The van der Waals surface area contributed by atoms with Crippen LogP contribution in [0.5, 0.6) is 0 Å². The maximum Gasteiger partial charge on any atom is 0.236 e. The first-order chi connectivity index (χ1) is 8.56. The number of hydrogen-bond donors (Lipinski definition) is 1. The van der Waals surface area contributed by atoms with Crippen LogP contribution in [0.1, 0.15) is 33.1 Å². The van der Waals surface area contributed by atoms with Gasteiger partial charge in [-0.2, -0.15) is 0 Å². The smallest absolute Gasteiger partial charge is 0.236 e. The molecule has 18 heavy (non-hydrogen) atoms. The molecule has 0 aromatic rings. The molecule has 2 aliphatic rings. The van der Waals surface area contributed by atoms with Crippen LogP contribution in [0.3, 0.4) is 0 Å². The molecular formula is C14H26N2O2. The van der Waals surface area contributed by atoms with Crippen molar-refractivity contribution in [2.75, 3.05) is 32.7 Å². The van der Waals surface area contributed by atoms with Gasteiger partial charge in [-0.3, -0.25) is 9.69 Å². The van der Waals surface area contributed by atoms with Gasteiger partial charge in [-0.15, -0.1) is 0 Å². The molecule has 2 aliphatic heterocycles. The number of aliphatic hydroxyl groups excluding tert-OH is 1. The molecule has 0 spiro atoms. The van der Waals surface area contributed by atoms with E-state index < -0.39 is 0 Å². The van der Waals surface area contributed by atoms with Gasteiger partial charge < -0.3 is 10.0 Å². The molecule has 104 valence electrons. The van der Waals surface area contributed by atoms with E-state index in [4.69, 9.17) is 0 Å². The second-order valence-corrected chi connectivity index (χ2v) is 6.11. The number of rotatable bonds is 3. The molecule has 4 nitrogen and oxygen atoms in total. The fourth-order valence-electron chi connectivity index (χ4n) is 3.11. The highest BCUT2D eigenvalue weighted by molar-refractivity contribution is 5.78. The van der Waals surface area contributed by atoms with Crippen LogP contribution in [0.4, 0.5) is 0 Å². The molecule has 2 heterocycles. The highest BCUT2D eigenvalue weighted by Crippen LogP contribution is 2.20. The molecule has 0 radical (unpaired) electrons. The summed E-state index contributed by atoms with van der Waals surface area (Å²) in [5.41, 5.74) is 0. The van der Waals surface area contributed by atoms with E-state index in [1.807, 2.05) is 11.8 Å². The molecule has 4 heteroatoms. The van der Waals surface area contributed by atoms with Gasteiger partial charge in [0.1, 0.15) is 0 Å². The molecule has 2 rings (SSSR count). The van der Waals surface area contributed by atoms with E-state index in [0.29, 0.717) is 18.4 Å². The molecule has 2 fully saturated rings. The molecule has 0 bridgehead atoms. The van der Waals surface area contributed by atoms with Crippen LogP contribution in [0.2, 0.25) is 0 Å². The van der Waals surface area contributed by atoms with Crippen LogP contribution in [0.25, 0.3) is 0 Å². The van der Waals surface area contributed by atoms with Crippen molar-refractivity contribution < 1.29 is 9.90 Å². The van der Waals surface area contributed by atoms with Gasteiger partial charge >= 0.3 is 0 Å². The summed E-state index contributed by atoms with van der Waals surface area (Å²) < 4.78 is 0. The highest BCUT2D eigenvalue weighted by Gasteiger charge is 2.29. The minimum Gasteiger partial charge on any atom is -0.393 e. The summed E-state index contributed by atoms with van der Waals surface area (Å²) in [6, 6.07) is 0. The monoisotopic (exact) mass is 254 g/mol. The second kappa shape index (κ2) is 6.02.